The molecule has 0 aliphatic rings. The van der Waals surface area contributed by atoms with Crippen molar-refractivity contribution in [3.8, 4) is 0 Å². The number of halogens is 2. The lowest BCUT2D eigenvalue weighted by molar-refractivity contribution is -0.123. The highest BCUT2D eigenvalue weighted by molar-refractivity contribution is 5.81. The van der Waals surface area contributed by atoms with E-state index in [-0.39, 0.29) is 18.5 Å². The Morgan fingerprint density at radius 3 is 2.58 bits per heavy atom. The molecular formula is C14H20F2N2O. The average molecular weight is 270 g/mol. The van der Waals surface area contributed by atoms with Gasteiger partial charge in [-0.25, -0.2) is 8.78 Å². The van der Waals surface area contributed by atoms with Gasteiger partial charge in [0.2, 0.25) is 5.91 Å². The van der Waals surface area contributed by atoms with Gasteiger partial charge < -0.3 is 10.6 Å². The Bertz CT molecular complexity index is 437. The molecule has 1 aromatic rings. The third kappa shape index (κ3) is 4.95. The Labute approximate surface area is 112 Å². The first kappa shape index (κ1) is 15.6. The van der Waals surface area contributed by atoms with Crippen LogP contribution in [0.1, 0.15) is 32.8 Å². The number of nitrogens with one attached hydrogen (secondary N) is 2. The van der Waals surface area contributed by atoms with Crippen molar-refractivity contribution in [2.24, 2.45) is 0 Å². The van der Waals surface area contributed by atoms with Gasteiger partial charge in [0.1, 0.15) is 11.6 Å². The molecule has 106 valence electrons. The minimum Gasteiger partial charge on any atom is -0.352 e. The standard InChI is InChI=1S/C14H20F2N2O/c1-4-9(2)18-14(19)10(3)17-8-11-5-6-12(15)7-13(11)16/h5-7,9-10,17H,4,8H2,1-3H3,(H,18,19). The third-order valence-electron chi connectivity index (χ3n) is 3.01. The van der Waals surface area contributed by atoms with Gasteiger partial charge in [0.05, 0.1) is 6.04 Å². The molecule has 0 aromatic heterocycles. The molecule has 0 bridgehead atoms. The summed E-state index contributed by atoms with van der Waals surface area (Å²) in [5, 5.41) is 5.75. The first-order valence-electron chi connectivity index (χ1n) is 6.41. The van der Waals surface area contributed by atoms with Crippen LogP contribution in [0.4, 0.5) is 8.78 Å². The molecule has 1 rings (SSSR count). The van der Waals surface area contributed by atoms with Crippen molar-refractivity contribution in [2.45, 2.75) is 45.8 Å². The smallest absolute Gasteiger partial charge is 0.237 e. The summed E-state index contributed by atoms with van der Waals surface area (Å²) < 4.78 is 26.1. The van der Waals surface area contributed by atoms with Crippen molar-refractivity contribution in [2.75, 3.05) is 0 Å². The summed E-state index contributed by atoms with van der Waals surface area (Å²) in [5.41, 5.74) is 0.338. The predicted molar refractivity (Wildman–Crippen MR) is 70.6 cm³/mol. The molecule has 19 heavy (non-hydrogen) atoms. The molecule has 1 amide bonds. The minimum atomic E-state index is -0.609. The molecule has 0 fully saturated rings. The largest absolute Gasteiger partial charge is 0.352 e. The molecule has 0 saturated carbocycles. The molecule has 1 aromatic carbocycles. The molecule has 0 saturated heterocycles. The lowest BCUT2D eigenvalue weighted by atomic mass is 10.2. The zero-order valence-electron chi connectivity index (χ0n) is 11.5. The summed E-state index contributed by atoms with van der Waals surface area (Å²) in [6, 6.07) is 3.08. The summed E-state index contributed by atoms with van der Waals surface area (Å²) in [6.07, 6.45) is 0.852. The van der Waals surface area contributed by atoms with Crippen LogP contribution in [0.3, 0.4) is 0 Å². The molecule has 2 unspecified atom stereocenters. The van der Waals surface area contributed by atoms with Crippen molar-refractivity contribution in [1.82, 2.24) is 10.6 Å². The SMILES string of the molecule is CCC(C)NC(=O)C(C)NCc1ccc(F)cc1F. The summed E-state index contributed by atoms with van der Waals surface area (Å²) >= 11 is 0. The zero-order chi connectivity index (χ0) is 14.4. The van der Waals surface area contributed by atoms with E-state index in [0.29, 0.717) is 5.56 Å². The van der Waals surface area contributed by atoms with Crippen LogP contribution < -0.4 is 10.6 Å². The van der Waals surface area contributed by atoms with Gasteiger partial charge in [0.25, 0.3) is 0 Å². The number of hydrogen-bond donors (Lipinski definition) is 2. The van der Waals surface area contributed by atoms with Gasteiger partial charge >= 0.3 is 0 Å². The van der Waals surface area contributed by atoms with E-state index in [4.69, 9.17) is 0 Å². The fourth-order valence-corrected chi connectivity index (χ4v) is 1.49. The van der Waals surface area contributed by atoms with E-state index in [1.807, 2.05) is 13.8 Å². The summed E-state index contributed by atoms with van der Waals surface area (Å²) in [4.78, 5) is 11.7. The molecule has 0 radical (unpaired) electrons. The Balaban J connectivity index is 2.49. The second kappa shape index (κ2) is 7.19. The van der Waals surface area contributed by atoms with Gasteiger partial charge in [-0.05, 0) is 26.3 Å². The fourth-order valence-electron chi connectivity index (χ4n) is 1.49. The normalized spacial score (nSPS) is 13.9. The van der Waals surface area contributed by atoms with E-state index in [1.54, 1.807) is 6.92 Å². The molecular weight excluding hydrogens is 250 g/mol. The van der Waals surface area contributed by atoms with Crippen LogP contribution in [-0.4, -0.2) is 18.0 Å². The number of hydrogen-bond acceptors (Lipinski definition) is 2. The van der Waals surface area contributed by atoms with Gasteiger partial charge in [-0.2, -0.15) is 0 Å². The van der Waals surface area contributed by atoms with Gasteiger partial charge in [0, 0.05) is 24.2 Å². The van der Waals surface area contributed by atoms with Crippen LogP contribution >= 0.6 is 0 Å². The Kier molecular flexibility index (Phi) is 5.89. The maximum absolute atomic E-state index is 13.4. The van der Waals surface area contributed by atoms with Crippen LogP contribution in [0.15, 0.2) is 18.2 Å². The van der Waals surface area contributed by atoms with E-state index >= 15 is 0 Å². The number of benzene rings is 1. The predicted octanol–water partition coefficient (Wildman–Crippen LogP) is 2.36. The maximum atomic E-state index is 13.4. The Hall–Kier alpha value is -1.49. The first-order chi connectivity index (χ1) is 8.93. The number of carbonyl (C=O) groups excluding carboxylic acids is 1. The molecule has 0 spiro atoms. The highest BCUT2D eigenvalue weighted by Crippen LogP contribution is 2.09. The molecule has 0 aliphatic carbocycles. The summed E-state index contributed by atoms with van der Waals surface area (Å²) in [5.74, 6) is -1.34. The quantitative estimate of drug-likeness (QED) is 0.833. The van der Waals surface area contributed by atoms with Gasteiger partial charge in [-0.3, -0.25) is 4.79 Å². The average Bonchev–Trinajstić information content (AvgIpc) is 2.37. The summed E-state index contributed by atoms with van der Waals surface area (Å²) in [7, 11) is 0. The molecule has 2 N–H and O–H groups in total. The van der Waals surface area contributed by atoms with E-state index in [2.05, 4.69) is 10.6 Å². The second-order valence-electron chi connectivity index (χ2n) is 4.66. The monoisotopic (exact) mass is 270 g/mol. The minimum absolute atomic E-state index is 0.110. The second-order valence-corrected chi connectivity index (χ2v) is 4.66. The van der Waals surface area contributed by atoms with Crippen molar-refractivity contribution >= 4 is 5.91 Å². The lowest BCUT2D eigenvalue weighted by Crippen LogP contribution is -2.45. The van der Waals surface area contributed by atoms with Gasteiger partial charge in [0.15, 0.2) is 0 Å². The highest BCUT2D eigenvalue weighted by Gasteiger charge is 2.14. The maximum Gasteiger partial charge on any atom is 0.237 e. The fraction of sp³-hybridized carbons (Fsp3) is 0.500. The van der Waals surface area contributed by atoms with E-state index in [9.17, 15) is 13.6 Å². The number of amides is 1. The third-order valence-corrected chi connectivity index (χ3v) is 3.01. The van der Waals surface area contributed by atoms with Gasteiger partial charge in [-0.1, -0.05) is 13.0 Å². The highest BCUT2D eigenvalue weighted by atomic mass is 19.1. The molecule has 0 heterocycles. The van der Waals surface area contributed by atoms with Crippen LogP contribution in [0.25, 0.3) is 0 Å². The van der Waals surface area contributed by atoms with E-state index < -0.39 is 17.7 Å². The summed E-state index contributed by atoms with van der Waals surface area (Å²) in [6.45, 7) is 5.79. The Morgan fingerprint density at radius 1 is 1.32 bits per heavy atom. The van der Waals surface area contributed by atoms with Gasteiger partial charge in [-0.15, -0.1) is 0 Å². The van der Waals surface area contributed by atoms with Crippen LogP contribution in [0, 0.1) is 11.6 Å². The topological polar surface area (TPSA) is 41.1 Å². The molecule has 5 heteroatoms. The lowest BCUT2D eigenvalue weighted by Gasteiger charge is -2.17. The van der Waals surface area contributed by atoms with Crippen LogP contribution in [0.5, 0.6) is 0 Å². The number of carbonyl (C=O) groups is 1. The van der Waals surface area contributed by atoms with Crippen LogP contribution in [0.2, 0.25) is 0 Å². The zero-order valence-corrected chi connectivity index (χ0v) is 11.5. The van der Waals surface area contributed by atoms with Crippen molar-refractivity contribution in [3.63, 3.8) is 0 Å². The van der Waals surface area contributed by atoms with E-state index in [1.165, 1.54) is 12.1 Å². The Morgan fingerprint density at radius 2 is 2.00 bits per heavy atom. The molecule has 2 atom stereocenters. The van der Waals surface area contributed by atoms with E-state index in [0.717, 1.165) is 12.5 Å². The van der Waals surface area contributed by atoms with Crippen LogP contribution in [-0.2, 0) is 11.3 Å². The van der Waals surface area contributed by atoms with Crippen molar-refractivity contribution in [1.29, 1.82) is 0 Å². The van der Waals surface area contributed by atoms with Crippen molar-refractivity contribution in [3.05, 3.63) is 35.4 Å². The van der Waals surface area contributed by atoms with Crippen molar-refractivity contribution < 1.29 is 13.6 Å². The number of rotatable bonds is 6. The molecule has 3 nitrogen and oxygen atoms in total. The first-order valence-corrected chi connectivity index (χ1v) is 6.41. The molecule has 0 aliphatic heterocycles.